The third-order valence-electron chi connectivity index (χ3n) is 5.74. The molecule has 2 heterocycles. The van der Waals surface area contributed by atoms with Crippen molar-refractivity contribution < 1.29 is 9.47 Å². The molecule has 0 spiro atoms. The zero-order valence-corrected chi connectivity index (χ0v) is 19.4. The van der Waals surface area contributed by atoms with Crippen LogP contribution in [-0.2, 0) is 13.0 Å². The van der Waals surface area contributed by atoms with Gasteiger partial charge in [0.05, 0.1) is 25.6 Å². The van der Waals surface area contributed by atoms with Crippen LogP contribution in [0.25, 0.3) is 22.2 Å². The number of hydrogen-bond donors (Lipinski definition) is 1. The maximum Gasteiger partial charge on any atom is 0.190 e. The van der Waals surface area contributed by atoms with Gasteiger partial charge in [0, 0.05) is 35.1 Å². The average molecular weight is 456 g/mol. The Hall–Kier alpha value is -3.77. The number of rotatable bonds is 7. The Morgan fingerprint density at radius 3 is 2.55 bits per heavy atom. The van der Waals surface area contributed by atoms with Crippen molar-refractivity contribution in [3.8, 4) is 22.8 Å². The monoisotopic (exact) mass is 455 g/mol. The van der Waals surface area contributed by atoms with Gasteiger partial charge in [-0.05, 0) is 60.0 Å². The van der Waals surface area contributed by atoms with Gasteiger partial charge in [0.25, 0.3) is 0 Å². The van der Waals surface area contributed by atoms with E-state index in [1.807, 2.05) is 36.4 Å². The number of H-pyrrole nitrogens is 1. The van der Waals surface area contributed by atoms with E-state index in [0.29, 0.717) is 0 Å². The fourth-order valence-electron chi connectivity index (χ4n) is 3.99. The second-order valence-corrected chi connectivity index (χ2v) is 8.54. The van der Waals surface area contributed by atoms with Gasteiger partial charge in [-0.3, -0.25) is 0 Å². The first-order valence-electron chi connectivity index (χ1n) is 10.8. The molecule has 5 rings (SSSR count). The van der Waals surface area contributed by atoms with Crippen LogP contribution in [0.3, 0.4) is 0 Å². The number of thiazole rings is 1. The molecular formula is C27H25N3O2S. The van der Waals surface area contributed by atoms with E-state index < -0.39 is 0 Å². The van der Waals surface area contributed by atoms with Crippen LogP contribution in [-0.4, -0.2) is 23.8 Å². The van der Waals surface area contributed by atoms with Crippen LogP contribution in [0, 0.1) is 0 Å². The van der Waals surface area contributed by atoms with E-state index >= 15 is 0 Å². The molecule has 1 N–H and O–H groups in total. The minimum atomic E-state index is 0.800. The summed E-state index contributed by atoms with van der Waals surface area (Å²) >= 11 is 1.65. The molecular weight excluding hydrogens is 430 g/mol. The molecule has 0 unspecified atom stereocenters. The average Bonchev–Trinajstić information content (AvgIpc) is 3.46. The second-order valence-electron chi connectivity index (χ2n) is 7.71. The molecule has 0 saturated carbocycles. The van der Waals surface area contributed by atoms with Crippen molar-refractivity contribution >= 4 is 27.9 Å². The minimum Gasteiger partial charge on any atom is -0.497 e. The number of methoxy groups -OCH3 is 2. The minimum absolute atomic E-state index is 0.800. The summed E-state index contributed by atoms with van der Waals surface area (Å²) in [7, 11) is 3.36. The van der Waals surface area contributed by atoms with Crippen LogP contribution in [0.15, 0.2) is 89.4 Å². The molecule has 3 aromatic carbocycles. The molecule has 0 bridgehead atoms. The van der Waals surface area contributed by atoms with Gasteiger partial charge >= 0.3 is 0 Å². The normalized spacial score (nSPS) is 11.8. The van der Waals surface area contributed by atoms with E-state index in [9.17, 15) is 0 Å². The summed E-state index contributed by atoms with van der Waals surface area (Å²) in [6.07, 6.45) is 3.01. The number of aromatic amines is 1. The number of hydrogen-bond acceptors (Lipinski definition) is 4. The van der Waals surface area contributed by atoms with Gasteiger partial charge in [-0.15, -0.1) is 11.3 Å². The van der Waals surface area contributed by atoms with Gasteiger partial charge in [0.15, 0.2) is 4.80 Å². The fourth-order valence-corrected chi connectivity index (χ4v) is 4.94. The predicted octanol–water partition coefficient (Wildman–Crippen LogP) is 6.19. The highest BCUT2D eigenvalue weighted by Crippen LogP contribution is 2.25. The van der Waals surface area contributed by atoms with Crippen LogP contribution < -0.4 is 14.3 Å². The molecule has 0 aliphatic rings. The Balaban J connectivity index is 1.55. The van der Waals surface area contributed by atoms with Crippen molar-refractivity contribution in [1.82, 2.24) is 9.55 Å². The summed E-state index contributed by atoms with van der Waals surface area (Å²) < 4.78 is 13.0. The lowest BCUT2D eigenvalue weighted by Gasteiger charge is -2.10. The maximum absolute atomic E-state index is 5.38. The van der Waals surface area contributed by atoms with Crippen LogP contribution in [0.5, 0.6) is 11.5 Å². The molecule has 0 atom stereocenters. The Morgan fingerprint density at radius 2 is 1.73 bits per heavy atom. The zero-order valence-electron chi connectivity index (χ0n) is 18.6. The largest absolute Gasteiger partial charge is 0.497 e. The van der Waals surface area contributed by atoms with Crippen molar-refractivity contribution in [3.05, 3.63) is 94.7 Å². The van der Waals surface area contributed by atoms with E-state index in [4.69, 9.17) is 14.5 Å². The Bertz CT molecular complexity index is 1440. The highest BCUT2D eigenvalue weighted by molar-refractivity contribution is 7.07. The van der Waals surface area contributed by atoms with Gasteiger partial charge in [-0.1, -0.05) is 24.3 Å². The molecule has 5 nitrogen and oxygen atoms in total. The Morgan fingerprint density at radius 1 is 0.909 bits per heavy atom. The van der Waals surface area contributed by atoms with Crippen molar-refractivity contribution in [3.63, 3.8) is 0 Å². The smallest absolute Gasteiger partial charge is 0.190 e. The number of fused-ring (bicyclic) bond motifs is 1. The quantitative estimate of drug-likeness (QED) is 0.318. The SMILES string of the molecule is COc1ccc(-c2csc(=Nc3cccc(OC)c3)n2CCc2c[nH]c3ccccc23)cc1. The summed E-state index contributed by atoms with van der Waals surface area (Å²) in [6, 6.07) is 24.5. The van der Waals surface area contributed by atoms with Gasteiger partial charge in [0.1, 0.15) is 11.5 Å². The first-order chi connectivity index (χ1) is 16.2. The zero-order chi connectivity index (χ0) is 22.6. The standard InChI is InChI=1S/C27H25N3O2S/c1-31-22-12-10-19(11-13-22)26-18-33-27(29-21-6-5-7-23(16-21)32-2)30(26)15-14-20-17-28-25-9-4-3-8-24(20)25/h3-13,16-18,28H,14-15H2,1-2H3. The van der Waals surface area contributed by atoms with Crippen LogP contribution in [0.4, 0.5) is 5.69 Å². The van der Waals surface area contributed by atoms with Gasteiger partial charge < -0.3 is 19.0 Å². The Kier molecular flexibility index (Phi) is 6.00. The Labute approximate surface area is 196 Å². The lowest BCUT2D eigenvalue weighted by Crippen LogP contribution is -2.17. The number of para-hydroxylation sites is 1. The lowest BCUT2D eigenvalue weighted by atomic mass is 10.1. The molecule has 0 amide bonds. The molecule has 2 aromatic heterocycles. The predicted molar refractivity (Wildman–Crippen MR) is 135 cm³/mol. The number of aryl methyl sites for hydroxylation is 1. The lowest BCUT2D eigenvalue weighted by molar-refractivity contribution is 0.415. The van der Waals surface area contributed by atoms with Crippen molar-refractivity contribution in [1.29, 1.82) is 0 Å². The fraction of sp³-hybridized carbons (Fsp3) is 0.148. The highest BCUT2D eigenvalue weighted by Gasteiger charge is 2.11. The molecule has 5 aromatic rings. The molecule has 0 radical (unpaired) electrons. The third-order valence-corrected chi connectivity index (χ3v) is 6.60. The van der Waals surface area contributed by atoms with E-state index in [0.717, 1.165) is 46.2 Å². The molecule has 0 saturated heterocycles. The summed E-state index contributed by atoms with van der Waals surface area (Å²) in [6.45, 7) is 0.815. The van der Waals surface area contributed by atoms with Crippen molar-refractivity contribution in [2.24, 2.45) is 4.99 Å². The molecule has 0 fully saturated rings. The summed E-state index contributed by atoms with van der Waals surface area (Å²) in [5.41, 5.74) is 5.62. The third kappa shape index (κ3) is 4.43. The first kappa shape index (κ1) is 21.1. The molecule has 6 heteroatoms. The van der Waals surface area contributed by atoms with Crippen LogP contribution >= 0.6 is 11.3 Å². The number of ether oxygens (including phenoxy) is 2. The molecule has 0 aliphatic heterocycles. The van der Waals surface area contributed by atoms with Crippen molar-refractivity contribution in [2.45, 2.75) is 13.0 Å². The van der Waals surface area contributed by atoms with E-state index in [1.165, 1.54) is 16.5 Å². The molecule has 0 aliphatic carbocycles. The van der Waals surface area contributed by atoms with Gasteiger partial charge in [-0.2, -0.15) is 0 Å². The van der Waals surface area contributed by atoms with Crippen LogP contribution in [0.2, 0.25) is 0 Å². The molecule has 166 valence electrons. The van der Waals surface area contributed by atoms with Gasteiger partial charge in [0.2, 0.25) is 0 Å². The molecule has 33 heavy (non-hydrogen) atoms. The van der Waals surface area contributed by atoms with Crippen LogP contribution in [0.1, 0.15) is 5.56 Å². The van der Waals surface area contributed by atoms with Gasteiger partial charge in [-0.25, -0.2) is 4.99 Å². The summed E-state index contributed by atoms with van der Waals surface area (Å²) in [5.74, 6) is 1.65. The highest BCUT2D eigenvalue weighted by atomic mass is 32.1. The second kappa shape index (κ2) is 9.38. The first-order valence-corrected chi connectivity index (χ1v) is 11.7. The topological polar surface area (TPSA) is 51.5 Å². The number of benzene rings is 3. The van der Waals surface area contributed by atoms with E-state index in [2.05, 4.69) is 57.5 Å². The summed E-state index contributed by atoms with van der Waals surface area (Å²) in [5, 5.41) is 3.45. The number of nitrogens with one attached hydrogen (secondary N) is 1. The number of nitrogens with zero attached hydrogens (tertiary/aromatic N) is 2. The van der Waals surface area contributed by atoms with E-state index in [-0.39, 0.29) is 0 Å². The summed E-state index contributed by atoms with van der Waals surface area (Å²) in [4.78, 5) is 9.30. The van der Waals surface area contributed by atoms with E-state index in [1.54, 1.807) is 25.6 Å². The number of aromatic nitrogens is 2. The maximum atomic E-state index is 5.38. The van der Waals surface area contributed by atoms with Crippen molar-refractivity contribution in [2.75, 3.05) is 14.2 Å².